The number of nitrogens with zero attached hydrogens (tertiary/aromatic N) is 3. The van der Waals surface area contributed by atoms with Gasteiger partial charge in [-0.05, 0) is 56.7 Å². The fraction of sp³-hybridized carbons (Fsp3) is 0.286. The molecule has 0 saturated carbocycles. The van der Waals surface area contributed by atoms with E-state index in [1.54, 1.807) is 24.3 Å². The zero-order valence-electron chi connectivity index (χ0n) is 17.2. The number of amides is 1. The van der Waals surface area contributed by atoms with Crippen LogP contribution >= 0.6 is 46.6 Å². The van der Waals surface area contributed by atoms with Gasteiger partial charge in [-0.3, -0.25) is 4.79 Å². The molecule has 0 aliphatic heterocycles. The van der Waals surface area contributed by atoms with E-state index in [0.717, 1.165) is 11.3 Å². The molecular formula is C21H21Cl3N4O2S. The van der Waals surface area contributed by atoms with Gasteiger partial charge in [0.1, 0.15) is 5.75 Å². The van der Waals surface area contributed by atoms with Crippen LogP contribution in [-0.2, 0) is 11.3 Å². The van der Waals surface area contributed by atoms with Gasteiger partial charge in [-0.15, -0.1) is 10.2 Å². The van der Waals surface area contributed by atoms with Gasteiger partial charge in [0.05, 0.1) is 21.5 Å². The Kier molecular flexibility index (Phi) is 8.11. The van der Waals surface area contributed by atoms with Crippen LogP contribution in [0.25, 0.3) is 0 Å². The van der Waals surface area contributed by atoms with Crippen molar-refractivity contribution in [2.75, 3.05) is 11.1 Å². The minimum absolute atomic E-state index is 0.145. The summed E-state index contributed by atoms with van der Waals surface area (Å²) in [4.78, 5) is 12.4. The van der Waals surface area contributed by atoms with Gasteiger partial charge >= 0.3 is 0 Å². The number of rotatable bonds is 8. The van der Waals surface area contributed by atoms with Gasteiger partial charge < -0.3 is 14.6 Å². The molecule has 6 nitrogen and oxygen atoms in total. The predicted octanol–water partition coefficient (Wildman–Crippen LogP) is 6.44. The minimum atomic E-state index is -0.333. The molecule has 3 rings (SSSR count). The molecule has 0 radical (unpaired) electrons. The largest absolute Gasteiger partial charge is 0.482 e. The molecule has 31 heavy (non-hydrogen) atoms. The molecule has 164 valence electrons. The molecule has 3 aromatic rings. The molecule has 0 aliphatic carbocycles. The maximum absolute atomic E-state index is 12.4. The van der Waals surface area contributed by atoms with Crippen molar-refractivity contribution in [1.29, 1.82) is 0 Å². The third-order valence-electron chi connectivity index (χ3n) is 4.42. The molecule has 1 atom stereocenters. The van der Waals surface area contributed by atoms with Gasteiger partial charge in [-0.2, -0.15) is 0 Å². The molecular weight excluding hydrogens is 479 g/mol. The van der Waals surface area contributed by atoms with Gasteiger partial charge in [0.25, 0.3) is 0 Å². The number of thioether (sulfide) groups is 1. The highest BCUT2D eigenvalue weighted by Gasteiger charge is 2.20. The summed E-state index contributed by atoms with van der Waals surface area (Å²) in [6.45, 7) is 6.47. The van der Waals surface area contributed by atoms with E-state index in [1.807, 2.05) is 37.5 Å². The van der Waals surface area contributed by atoms with Crippen molar-refractivity contribution < 1.29 is 9.53 Å². The monoisotopic (exact) mass is 498 g/mol. The first-order valence-corrected chi connectivity index (χ1v) is 11.6. The molecule has 0 bridgehead atoms. The molecule has 1 N–H and O–H groups in total. The summed E-state index contributed by atoms with van der Waals surface area (Å²) in [6.07, 6.45) is -0.333. The maximum Gasteiger partial charge on any atom is 0.234 e. The lowest BCUT2D eigenvalue weighted by Crippen LogP contribution is -2.15. The second kappa shape index (κ2) is 10.6. The van der Waals surface area contributed by atoms with E-state index in [1.165, 1.54) is 11.8 Å². The number of aryl methyl sites for hydroxylation is 1. The zero-order valence-corrected chi connectivity index (χ0v) is 20.2. The molecule has 0 saturated heterocycles. The number of hydrogen-bond donors (Lipinski definition) is 1. The lowest BCUT2D eigenvalue weighted by molar-refractivity contribution is -0.113. The number of nitrogens with one attached hydrogen (secondary N) is 1. The lowest BCUT2D eigenvalue weighted by Gasteiger charge is -2.17. The fourth-order valence-electron chi connectivity index (χ4n) is 2.91. The van der Waals surface area contributed by atoms with Crippen LogP contribution in [0.5, 0.6) is 5.75 Å². The van der Waals surface area contributed by atoms with Crippen molar-refractivity contribution in [2.45, 2.75) is 38.6 Å². The van der Waals surface area contributed by atoms with Crippen molar-refractivity contribution in [2.24, 2.45) is 0 Å². The summed E-state index contributed by atoms with van der Waals surface area (Å²) >= 11 is 19.4. The van der Waals surface area contributed by atoms with E-state index in [9.17, 15) is 4.79 Å². The Morgan fingerprint density at radius 2 is 2.00 bits per heavy atom. The van der Waals surface area contributed by atoms with E-state index < -0.39 is 0 Å². The number of carbonyl (C=O) groups is 1. The number of benzene rings is 2. The molecule has 0 spiro atoms. The van der Waals surface area contributed by atoms with Crippen LogP contribution in [0.3, 0.4) is 0 Å². The van der Waals surface area contributed by atoms with Gasteiger partial charge in [-0.25, -0.2) is 0 Å². The molecule has 1 heterocycles. The van der Waals surface area contributed by atoms with Crippen LogP contribution in [0.2, 0.25) is 15.1 Å². The standard InChI is InChI=1S/C21H21Cl3N4O2S/c1-4-28-20(13(3)30-17-9-8-14(22)10-12(17)2)26-27-21(28)31-11-18(29)25-16-7-5-6-15(23)19(16)24/h5-10,13H,4,11H2,1-3H3,(H,25,29). The predicted molar refractivity (Wildman–Crippen MR) is 127 cm³/mol. The first-order valence-electron chi connectivity index (χ1n) is 9.52. The van der Waals surface area contributed by atoms with Crippen molar-refractivity contribution in [3.63, 3.8) is 0 Å². The van der Waals surface area contributed by atoms with Gasteiger partial charge in [0.15, 0.2) is 17.1 Å². The highest BCUT2D eigenvalue weighted by molar-refractivity contribution is 7.99. The molecule has 1 aromatic heterocycles. The summed E-state index contributed by atoms with van der Waals surface area (Å²) < 4.78 is 8.00. The lowest BCUT2D eigenvalue weighted by atomic mass is 10.2. The topological polar surface area (TPSA) is 69.0 Å². The minimum Gasteiger partial charge on any atom is -0.482 e. The Balaban J connectivity index is 1.66. The van der Waals surface area contributed by atoms with Gasteiger partial charge in [0, 0.05) is 11.6 Å². The molecule has 2 aromatic carbocycles. The number of halogens is 3. The van der Waals surface area contributed by atoms with E-state index in [-0.39, 0.29) is 17.8 Å². The molecule has 10 heteroatoms. The second-order valence-electron chi connectivity index (χ2n) is 6.69. The zero-order chi connectivity index (χ0) is 22.5. The van der Waals surface area contributed by atoms with Crippen LogP contribution in [0.1, 0.15) is 31.3 Å². The molecule has 1 unspecified atom stereocenters. The highest BCUT2D eigenvalue weighted by Crippen LogP contribution is 2.30. The number of aromatic nitrogens is 3. The second-order valence-corrected chi connectivity index (χ2v) is 8.86. The third-order valence-corrected chi connectivity index (χ3v) is 6.44. The molecule has 1 amide bonds. The van der Waals surface area contributed by atoms with Crippen LogP contribution in [0.4, 0.5) is 5.69 Å². The quantitative estimate of drug-likeness (QED) is 0.361. The summed E-state index contributed by atoms with van der Waals surface area (Å²) in [7, 11) is 0. The summed E-state index contributed by atoms with van der Waals surface area (Å²) in [6, 6.07) is 10.5. The van der Waals surface area contributed by atoms with Gasteiger partial charge in [0.2, 0.25) is 5.91 Å². The summed E-state index contributed by atoms with van der Waals surface area (Å²) in [5, 5.41) is 13.3. The van der Waals surface area contributed by atoms with Crippen molar-refractivity contribution in [3.8, 4) is 5.75 Å². The first kappa shape index (κ1) is 23.7. The fourth-order valence-corrected chi connectivity index (χ4v) is 4.29. The van der Waals surface area contributed by atoms with Crippen molar-refractivity contribution in [1.82, 2.24) is 14.8 Å². The number of anilines is 1. The Morgan fingerprint density at radius 1 is 1.23 bits per heavy atom. The Morgan fingerprint density at radius 3 is 2.71 bits per heavy atom. The maximum atomic E-state index is 12.4. The average Bonchev–Trinajstić information content (AvgIpc) is 3.15. The van der Waals surface area contributed by atoms with E-state index in [2.05, 4.69) is 15.5 Å². The average molecular weight is 500 g/mol. The van der Waals surface area contributed by atoms with Gasteiger partial charge in [-0.1, -0.05) is 52.6 Å². The van der Waals surface area contributed by atoms with Crippen LogP contribution in [0.15, 0.2) is 41.6 Å². The van der Waals surface area contributed by atoms with E-state index in [0.29, 0.717) is 38.3 Å². The smallest absolute Gasteiger partial charge is 0.234 e. The SMILES string of the molecule is CCn1c(SCC(=O)Nc2cccc(Cl)c2Cl)nnc1C(C)Oc1ccc(Cl)cc1C. The Labute approximate surface area is 200 Å². The summed E-state index contributed by atoms with van der Waals surface area (Å²) in [5.74, 6) is 1.33. The first-order chi connectivity index (χ1) is 14.8. The van der Waals surface area contributed by atoms with Crippen molar-refractivity contribution >= 4 is 58.2 Å². The summed E-state index contributed by atoms with van der Waals surface area (Å²) in [5.41, 5.74) is 1.41. The highest BCUT2D eigenvalue weighted by atomic mass is 35.5. The molecule has 0 fully saturated rings. The Bertz CT molecular complexity index is 1090. The third kappa shape index (κ3) is 5.86. The normalized spacial score (nSPS) is 11.9. The van der Waals surface area contributed by atoms with Crippen LogP contribution < -0.4 is 10.1 Å². The number of carbonyl (C=O) groups excluding carboxylic acids is 1. The van der Waals surface area contributed by atoms with E-state index >= 15 is 0 Å². The number of hydrogen-bond acceptors (Lipinski definition) is 5. The van der Waals surface area contributed by atoms with Crippen molar-refractivity contribution in [3.05, 3.63) is 62.9 Å². The van der Waals surface area contributed by atoms with E-state index in [4.69, 9.17) is 39.5 Å². The number of ether oxygens (including phenoxy) is 1. The van der Waals surface area contributed by atoms with Crippen LogP contribution in [-0.4, -0.2) is 26.4 Å². The molecule has 0 aliphatic rings. The Hall–Kier alpha value is -1.93. The van der Waals surface area contributed by atoms with Crippen LogP contribution in [0, 0.1) is 6.92 Å².